The monoisotopic (exact) mass is 396 g/mol. The van der Waals surface area contributed by atoms with Gasteiger partial charge >= 0.3 is 0 Å². The average Bonchev–Trinajstić information content (AvgIpc) is 3.26. The summed E-state index contributed by atoms with van der Waals surface area (Å²) in [5.74, 6) is 0.965. The fourth-order valence-electron chi connectivity index (χ4n) is 3.94. The standard InChI is InChI=1S/C22H24N2O3S/c1-15-4-3-5-16(2)22(15)24-11-10-17(13-24)14-27-19-8-6-18(7-9-19)20-12-21(25)23-28(20)26/h3-9,12,17H,10-11,13-14H2,1-2H3,(H,23,25). The first kappa shape index (κ1) is 18.7. The molecular formula is C22H24N2O3S. The van der Waals surface area contributed by atoms with E-state index in [4.69, 9.17) is 4.74 Å². The number of nitrogens with zero attached hydrogens (tertiary/aromatic N) is 1. The summed E-state index contributed by atoms with van der Waals surface area (Å²) >= 11 is 0. The third-order valence-electron chi connectivity index (χ3n) is 5.32. The maximum Gasteiger partial charge on any atom is 0.257 e. The number of para-hydroxylation sites is 1. The molecule has 5 nitrogen and oxygen atoms in total. The van der Waals surface area contributed by atoms with Crippen molar-refractivity contribution in [2.75, 3.05) is 24.6 Å². The van der Waals surface area contributed by atoms with Gasteiger partial charge in [-0.1, -0.05) is 30.3 Å². The number of carbonyl (C=O) groups is 1. The quantitative estimate of drug-likeness (QED) is 0.842. The number of ether oxygens (including phenoxy) is 1. The Morgan fingerprint density at radius 2 is 1.86 bits per heavy atom. The molecule has 2 aliphatic rings. The zero-order valence-electron chi connectivity index (χ0n) is 16.1. The van der Waals surface area contributed by atoms with Gasteiger partial charge in [0.05, 0.1) is 11.5 Å². The lowest BCUT2D eigenvalue weighted by atomic mass is 10.1. The molecule has 2 aromatic rings. The first-order valence-electron chi connectivity index (χ1n) is 9.50. The van der Waals surface area contributed by atoms with Gasteiger partial charge in [-0.2, -0.15) is 0 Å². The van der Waals surface area contributed by atoms with Gasteiger partial charge in [0.2, 0.25) is 0 Å². The predicted molar refractivity (Wildman–Crippen MR) is 112 cm³/mol. The predicted octanol–water partition coefficient (Wildman–Crippen LogP) is 3.34. The highest BCUT2D eigenvalue weighted by molar-refractivity contribution is 7.93. The summed E-state index contributed by atoms with van der Waals surface area (Å²) in [6, 6.07) is 13.9. The number of hydrogen-bond donors (Lipinski definition) is 1. The van der Waals surface area contributed by atoms with Crippen LogP contribution in [-0.2, 0) is 15.8 Å². The second-order valence-corrected chi connectivity index (χ2v) is 8.60. The third-order valence-corrected chi connectivity index (χ3v) is 6.46. The maximum atomic E-state index is 11.8. The van der Waals surface area contributed by atoms with Crippen molar-refractivity contribution < 1.29 is 13.7 Å². The normalized spacial score (nSPS) is 21.6. The Balaban J connectivity index is 1.35. The molecule has 0 aliphatic carbocycles. The molecular weight excluding hydrogens is 372 g/mol. The summed E-state index contributed by atoms with van der Waals surface area (Å²) in [5, 5.41) is 0. The zero-order valence-corrected chi connectivity index (χ0v) is 16.9. The van der Waals surface area contributed by atoms with E-state index < -0.39 is 11.0 Å². The zero-order chi connectivity index (χ0) is 19.7. The topological polar surface area (TPSA) is 58.6 Å². The summed E-state index contributed by atoms with van der Waals surface area (Å²) < 4.78 is 20.2. The summed E-state index contributed by atoms with van der Waals surface area (Å²) in [6.45, 7) is 7.08. The van der Waals surface area contributed by atoms with Crippen molar-refractivity contribution in [2.24, 2.45) is 5.92 Å². The van der Waals surface area contributed by atoms with Crippen molar-refractivity contribution in [3.63, 3.8) is 0 Å². The minimum Gasteiger partial charge on any atom is -0.493 e. The Labute approximate surface area is 168 Å². The van der Waals surface area contributed by atoms with Crippen LogP contribution in [0, 0.1) is 19.8 Å². The fourth-order valence-corrected chi connectivity index (χ4v) is 4.86. The molecule has 2 aliphatic heterocycles. The third kappa shape index (κ3) is 3.83. The van der Waals surface area contributed by atoms with Crippen molar-refractivity contribution in [1.82, 2.24) is 4.72 Å². The Bertz CT molecular complexity index is 933. The van der Waals surface area contributed by atoms with Crippen LogP contribution < -0.4 is 14.4 Å². The Hall–Kier alpha value is -2.60. The van der Waals surface area contributed by atoms with E-state index in [1.54, 1.807) is 0 Å². The van der Waals surface area contributed by atoms with Gasteiger partial charge in [0, 0.05) is 30.8 Å². The average molecular weight is 397 g/mol. The van der Waals surface area contributed by atoms with Crippen molar-refractivity contribution in [3.05, 3.63) is 65.2 Å². The SMILES string of the molecule is Cc1cccc(C)c1N1CCC(COc2ccc(C3=CC(=O)NS3=O)cc2)C1. The van der Waals surface area contributed by atoms with Crippen LogP contribution in [0.2, 0.25) is 0 Å². The van der Waals surface area contributed by atoms with E-state index in [1.165, 1.54) is 22.9 Å². The van der Waals surface area contributed by atoms with E-state index in [-0.39, 0.29) is 5.91 Å². The number of rotatable bonds is 5. The van der Waals surface area contributed by atoms with Crippen molar-refractivity contribution in [2.45, 2.75) is 20.3 Å². The first-order chi connectivity index (χ1) is 13.5. The second-order valence-electron chi connectivity index (χ2n) is 7.42. The number of amides is 1. The largest absolute Gasteiger partial charge is 0.493 e. The van der Waals surface area contributed by atoms with Crippen LogP contribution in [-0.4, -0.2) is 29.8 Å². The fraction of sp³-hybridized carbons (Fsp3) is 0.318. The van der Waals surface area contributed by atoms with E-state index >= 15 is 0 Å². The van der Waals surface area contributed by atoms with Gasteiger partial charge in [0.15, 0.2) is 11.0 Å². The van der Waals surface area contributed by atoms with Crippen molar-refractivity contribution in [1.29, 1.82) is 0 Å². The van der Waals surface area contributed by atoms with E-state index in [0.717, 1.165) is 30.8 Å². The highest BCUT2D eigenvalue weighted by atomic mass is 32.2. The van der Waals surface area contributed by atoms with Gasteiger partial charge in [0.25, 0.3) is 5.91 Å². The van der Waals surface area contributed by atoms with Crippen LogP contribution in [0.4, 0.5) is 5.69 Å². The number of anilines is 1. The molecule has 6 heteroatoms. The first-order valence-corrected chi connectivity index (χ1v) is 10.6. The summed E-state index contributed by atoms with van der Waals surface area (Å²) in [5.41, 5.74) is 4.77. The molecule has 1 amide bonds. The van der Waals surface area contributed by atoms with E-state index in [2.05, 4.69) is 41.7 Å². The molecule has 2 atom stereocenters. The Kier molecular flexibility index (Phi) is 5.22. The molecule has 0 bridgehead atoms. The Morgan fingerprint density at radius 3 is 2.50 bits per heavy atom. The smallest absolute Gasteiger partial charge is 0.257 e. The van der Waals surface area contributed by atoms with Crippen LogP contribution in [0.15, 0.2) is 48.5 Å². The molecule has 1 fully saturated rings. The summed E-state index contributed by atoms with van der Waals surface area (Å²) in [6.07, 6.45) is 2.50. The molecule has 0 spiro atoms. The molecule has 0 saturated carbocycles. The lowest BCUT2D eigenvalue weighted by molar-refractivity contribution is -0.114. The molecule has 1 N–H and O–H groups in total. The molecule has 1 saturated heterocycles. The van der Waals surface area contributed by atoms with E-state index in [0.29, 0.717) is 17.4 Å². The van der Waals surface area contributed by atoms with Crippen LogP contribution in [0.5, 0.6) is 5.75 Å². The number of carbonyl (C=O) groups excluding carboxylic acids is 1. The number of nitrogens with one attached hydrogen (secondary N) is 1. The molecule has 2 unspecified atom stereocenters. The van der Waals surface area contributed by atoms with Crippen molar-refractivity contribution in [3.8, 4) is 5.75 Å². The molecule has 146 valence electrons. The molecule has 28 heavy (non-hydrogen) atoms. The van der Waals surface area contributed by atoms with Gasteiger partial charge in [-0.15, -0.1) is 0 Å². The molecule has 0 aromatic heterocycles. The van der Waals surface area contributed by atoms with Gasteiger partial charge < -0.3 is 9.64 Å². The van der Waals surface area contributed by atoms with Crippen LogP contribution in [0.25, 0.3) is 4.91 Å². The van der Waals surface area contributed by atoms with Crippen LogP contribution in [0.1, 0.15) is 23.1 Å². The summed E-state index contributed by atoms with van der Waals surface area (Å²) in [7, 11) is -1.47. The highest BCUT2D eigenvalue weighted by Gasteiger charge is 2.25. The van der Waals surface area contributed by atoms with Gasteiger partial charge in [-0.25, -0.2) is 4.21 Å². The number of benzene rings is 2. The van der Waals surface area contributed by atoms with Crippen molar-refractivity contribution >= 4 is 27.5 Å². The molecule has 4 rings (SSSR count). The van der Waals surface area contributed by atoms with E-state index in [1.807, 2.05) is 24.3 Å². The number of aryl methyl sites for hydroxylation is 2. The van der Waals surface area contributed by atoms with E-state index in [9.17, 15) is 9.00 Å². The minimum absolute atomic E-state index is 0.316. The molecule has 2 aromatic carbocycles. The highest BCUT2D eigenvalue weighted by Crippen LogP contribution is 2.30. The van der Waals surface area contributed by atoms with Crippen LogP contribution in [0.3, 0.4) is 0 Å². The lowest BCUT2D eigenvalue weighted by Gasteiger charge is -2.23. The maximum absolute atomic E-state index is 11.8. The van der Waals surface area contributed by atoms with Gasteiger partial charge in [-0.05, 0) is 49.1 Å². The summed E-state index contributed by atoms with van der Waals surface area (Å²) in [4.78, 5) is 14.3. The van der Waals surface area contributed by atoms with Crippen LogP contribution >= 0.6 is 0 Å². The number of hydrogen-bond acceptors (Lipinski definition) is 4. The minimum atomic E-state index is -1.47. The Morgan fingerprint density at radius 1 is 1.14 bits per heavy atom. The second kappa shape index (κ2) is 7.80. The van der Waals surface area contributed by atoms with Gasteiger partial charge in [0.1, 0.15) is 5.75 Å². The lowest BCUT2D eigenvalue weighted by Crippen LogP contribution is -2.23. The molecule has 2 heterocycles. The van der Waals surface area contributed by atoms with Gasteiger partial charge in [-0.3, -0.25) is 9.52 Å². The molecule has 0 radical (unpaired) electrons.